The van der Waals surface area contributed by atoms with E-state index in [1.165, 1.54) is 11.8 Å². The van der Waals surface area contributed by atoms with E-state index in [4.69, 9.17) is 11.6 Å². The zero-order valence-electron chi connectivity index (χ0n) is 14.5. The fourth-order valence-electron chi connectivity index (χ4n) is 2.49. The maximum atomic E-state index is 12.6. The number of ketones is 1. The number of hydrogen-bond acceptors (Lipinski definition) is 4. The SMILES string of the molecule is CC(=O)C(C)[C@H](Cc1cccnc1)N(C)C(=O)[C@@H](C)NC(=O)CCl. The first-order chi connectivity index (χ1) is 11.3. The van der Waals surface area contributed by atoms with Crippen molar-refractivity contribution in [1.82, 2.24) is 15.2 Å². The summed E-state index contributed by atoms with van der Waals surface area (Å²) in [6.45, 7) is 4.91. The Morgan fingerprint density at radius 2 is 2.00 bits per heavy atom. The minimum Gasteiger partial charge on any atom is -0.344 e. The second kappa shape index (κ2) is 9.37. The lowest BCUT2D eigenvalue weighted by molar-refractivity contribution is -0.138. The van der Waals surface area contributed by atoms with Crippen LogP contribution >= 0.6 is 11.6 Å². The van der Waals surface area contributed by atoms with Crippen molar-refractivity contribution >= 4 is 29.2 Å². The molecule has 0 fully saturated rings. The molecule has 7 heteroatoms. The van der Waals surface area contributed by atoms with E-state index in [9.17, 15) is 14.4 Å². The van der Waals surface area contributed by atoms with Crippen LogP contribution in [0.3, 0.4) is 0 Å². The Balaban J connectivity index is 2.94. The number of hydrogen-bond donors (Lipinski definition) is 1. The molecule has 0 aliphatic heterocycles. The predicted octanol–water partition coefficient (Wildman–Crippen LogP) is 1.42. The van der Waals surface area contributed by atoms with Gasteiger partial charge in [0.15, 0.2) is 0 Å². The highest BCUT2D eigenvalue weighted by molar-refractivity contribution is 6.27. The number of aromatic nitrogens is 1. The lowest BCUT2D eigenvalue weighted by atomic mass is 9.91. The maximum Gasteiger partial charge on any atom is 0.244 e. The third-order valence-corrected chi connectivity index (χ3v) is 4.34. The van der Waals surface area contributed by atoms with Crippen LogP contribution in [0.2, 0.25) is 0 Å². The van der Waals surface area contributed by atoms with Gasteiger partial charge < -0.3 is 10.2 Å². The monoisotopic (exact) mass is 353 g/mol. The maximum absolute atomic E-state index is 12.6. The highest BCUT2D eigenvalue weighted by atomic mass is 35.5. The number of Topliss-reactive ketones (excluding diaryl/α,β-unsaturated/α-hetero) is 1. The van der Waals surface area contributed by atoms with Crippen LogP contribution in [0.5, 0.6) is 0 Å². The van der Waals surface area contributed by atoms with Crippen molar-refractivity contribution in [1.29, 1.82) is 0 Å². The van der Waals surface area contributed by atoms with Crippen molar-refractivity contribution in [3.05, 3.63) is 30.1 Å². The van der Waals surface area contributed by atoms with Gasteiger partial charge in [-0.05, 0) is 31.9 Å². The van der Waals surface area contributed by atoms with E-state index in [2.05, 4.69) is 10.3 Å². The van der Waals surface area contributed by atoms with Crippen molar-refractivity contribution in [2.45, 2.75) is 39.3 Å². The summed E-state index contributed by atoms with van der Waals surface area (Å²) < 4.78 is 0. The molecule has 0 aromatic carbocycles. The van der Waals surface area contributed by atoms with Gasteiger partial charge in [0.25, 0.3) is 0 Å². The summed E-state index contributed by atoms with van der Waals surface area (Å²) in [4.78, 5) is 41.4. The molecule has 1 aromatic heterocycles. The minimum absolute atomic E-state index is 0.000914. The minimum atomic E-state index is -0.711. The second-order valence-electron chi connectivity index (χ2n) is 5.90. The summed E-state index contributed by atoms with van der Waals surface area (Å²) in [7, 11) is 1.65. The summed E-state index contributed by atoms with van der Waals surface area (Å²) in [5.74, 6) is -1.22. The number of likely N-dealkylation sites (N-methyl/N-ethyl adjacent to an activating group) is 1. The number of rotatable bonds is 8. The molecule has 0 aliphatic rings. The normalized spacial score (nSPS) is 14.4. The van der Waals surface area contributed by atoms with Gasteiger partial charge in [0, 0.05) is 31.4 Å². The first-order valence-electron chi connectivity index (χ1n) is 7.79. The third-order valence-electron chi connectivity index (χ3n) is 4.10. The number of pyridine rings is 1. The van der Waals surface area contributed by atoms with Gasteiger partial charge in [0.1, 0.15) is 17.7 Å². The van der Waals surface area contributed by atoms with Gasteiger partial charge in [-0.15, -0.1) is 11.6 Å². The number of nitrogens with zero attached hydrogens (tertiary/aromatic N) is 2. The molecule has 24 heavy (non-hydrogen) atoms. The number of halogens is 1. The van der Waals surface area contributed by atoms with Crippen LogP contribution in [0.15, 0.2) is 24.5 Å². The van der Waals surface area contributed by atoms with E-state index in [0.29, 0.717) is 6.42 Å². The smallest absolute Gasteiger partial charge is 0.244 e. The molecule has 1 aromatic rings. The van der Waals surface area contributed by atoms with Gasteiger partial charge >= 0.3 is 0 Å². The van der Waals surface area contributed by atoms with Crippen LogP contribution in [0.25, 0.3) is 0 Å². The van der Waals surface area contributed by atoms with Crippen molar-refractivity contribution in [3.8, 4) is 0 Å². The van der Waals surface area contributed by atoms with E-state index in [0.717, 1.165) is 5.56 Å². The Hall–Kier alpha value is -1.95. The van der Waals surface area contributed by atoms with E-state index in [1.54, 1.807) is 33.3 Å². The lowest BCUT2D eigenvalue weighted by Gasteiger charge is -2.33. The molecule has 1 heterocycles. The van der Waals surface area contributed by atoms with E-state index in [-0.39, 0.29) is 29.5 Å². The molecular formula is C17H24ClN3O3. The van der Waals surface area contributed by atoms with E-state index in [1.807, 2.05) is 12.1 Å². The van der Waals surface area contributed by atoms with Gasteiger partial charge in [-0.1, -0.05) is 13.0 Å². The molecule has 132 valence electrons. The largest absolute Gasteiger partial charge is 0.344 e. The highest BCUT2D eigenvalue weighted by Gasteiger charge is 2.31. The molecule has 3 atom stereocenters. The average Bonchev–Trinajstić information content (AvgIpc) is 2.58. The molecule has 1 rings (SSSR count). The van der Waals surface area contributed by atoms with Gasteiger partial charge in [0.05, 0.1) is 0 Å². The number of carbonyl (C=O) groups excluding carboxylic acids is 3. The summed E-state index contributed by atoms with van der Waals surface area (Å²) in [5, 5.41) is 2.54. The van der Waals surface area contributed by atoms with Crippen LogP contribution < -0.4 is 5.32 Å². The Labute approximate surface area is 147 Å². The van der Waals surface area contributed by atoms with Gasteiger partial charge in [-0.25, -0.2) is 0 Å². The molecule has 0 aliphatic carbocycles. The molecule has 1 unspecified atom stereocenters. The standard InChI is InChI=1S/C17H24ClN3O3/c1-11(13(3)22)15(8-14-6-5-7-19-10-14)21(4)17(24)12(2)20-16(23)9-18/h5-7,10-12,15H,8-9H2,1-4H3,(H,20,23)/t11?,12-,15+/m1/s1. The van der Waals surface area contributed by atoms with Crippen LogP contribution in [0, 0.1) is 5.92 Å². The van der Waals surface area contributed by atoms with Crippen LogP contribution in [0.4, 0.5) is 0 Å². The van der Waals surface area contributed by atoms with Crippen molar-refractivity contribution < 1.29 is 14.4 Å². The van der Waals surface area contributed by atoms with Crippen molar-refractivity contribution in [3.63, 3.8) is 0 Å². The first kappa shape index (κ1) is 20.1. The average molecular weight is 354 g/mol. The number of nitrogens with one attached hydrogen (secondary N) is 1. The zero-order valence-corrected chi connectivity index (χ0v) is 15.2. The fraction of sp³-hybridized carbons (Fsp3) is 0.529. The second-order valence-corrected chi connectivity index (χ2v) is 6.17. The molecule has 0 saturated carbocycles. The Bertz CT molecular complexity index is 580. The Kier molecular flexibility index (Phi) is 7.85. The molecule has 0 radical (unpaired) electrons. The Morgan fingerprint density at radius 3 is 2.50 bits per heavy atom. The lowest BCUT2D eigenvalue weighted by Crippen LogP contribution is -2.52. The summed E-state index contributed by atoms with van der Waals surface area (Å²) >= 11 is 5.45. The van der Waals surface area contributed by atoms with Crippen molar-refractivity contribution in [2.24, 2.45) is 5.92 Å². The number of alkyl halides is 1. The predicted molar refractivity (Wildman–Crippen MR) is 92.7 cm³/mol. The first-order valence-corrected chi connectivity index (χ1v) is 8.32. The molecule has 1 N–H and O–H groups in total. The summed E-state index contributed by atoms with van der Waals surface area (Å²) in [6, 6.07) is 2.69. The molecule has 0 spiro atoms. The highest BCUT2D eigenvalue weighted by Crippen LogP contribution is 2.17. The topological polar surface area (TPSA) is 79.4 Å². The summed E-state index contributed by atoms with van der Waals surface area (Å²) in [6.07, 6.45) is 3.90. The third kappa shape index (κ3) is 5.60. The summed E-state index contributed by atoms with van der Waals surface area (Å²) in [5.41, 5.74) is 0.938. The molecule has 0 saturated heterocycles. The van der Waals surface area contributed by atoms with Crippen molar-refractivity contribution in [2.75, 3.05) is 12.9 Å². The molecular weight excluding hydrogens is 330 g/mol. The number of carbonyl (C=O) groups is 3. The van der Waals surface area contributed by atoms with Crippen LogP contribution in [-0.4, -0.2) is 52.5 Å². The van der Waals surface area contributed by atoms with Gasteiger partial charge in [0.2, 0.25) is 11.8 Å². The van der Waals surface area contributed by atoms with Crippen LogP contribution in [0.1, 0.15) is 26.3 Å². The Morgan fingerprint density at radius 1 is 1.33 bits per heavy atom. The zero-order chi connectivity index (χ0) is 18.3. The molecule has 2 amide bonds. The quantitative estimate of drug-likeness (QED) is 0.717. The molecule has 0 bridgehead atoms. The van der Waals surface area contributed by atoms with E-state index >= 15 is 0 Å². The molecule has 6 nitrogen and oxygen atoms in total. The number of amides is 2. The van der Waals surface area contributed by atoms with E-state index < -0.39 is 11.9 Å². The van der Waals surface area contributed by atoms with Crippen LogP contribution in [-0.2, 0) is 20.8 Å². The van der Waals surface area contributed by atoms with Gasteiger partial charge in [-0.3, -0.25) is 19.4 Å². The fourth-order valence-corrected chi connectivity index (χ4v) is 2.57. The van der Waals surface area contributed by atoms with Gasteiger partial charge in [-0.2, -0.15) is 0 Å².